The first-order chi connectivity index (χ1) is 9.73. The Morgan fingerprint density at radius 2 is 2.14 bits per heavy atom. The van der Waals surface area contributed by atoms with Crippen LogP contribution in [-0.4, -0.2) is 42.5 Å². The minimum atomic E-state index is -0.517. The molecular weight excluding hydrogens is 290 g/mol. The van der Waals surface area contributed by atoms with Crippen molar-refractivity contribution in [1.82, 2.24) is 10.3 Å². The molecule has 118 valence electrons. The van der Waals surface area contributed by atoms with Gasteiger partial charge in [0.1, 0.15) is 5.60 Å². The molecule has 7 heteroatoms. The van der Waals surface area contributed by atoms with Gasteiger partial charge in [0.2, 0.25) is 0 Å². The molecule has 2 rings (SSSR count). The maximum atomic E-state index is 11.8. The summed E-state index contributed by atoms with van der Waals surface area (Å²) in [5, 5.41) is 6.48. The van der Waals surface area contributed by atoms with Gasteiger partial charge in [-0.05, 0) is 27.7 Å². The van der Waals surface area contributed by atoms with Crippen LogP contribution in [0.4, 0.5) is 9.93 Å². The Morgan fingerprint density at radius 3 is 2.62 bits per heavy atom. The summed E-state index contributed by atoms with van der Waals surface area (Å²) in [6.07, 6.45) is 0.324. The molecule has 1 saturated heterocycles. The van der Waals surface area contributed by atoms with E-state index < -0.39 is 11.7 Å². The van der Waals surface area contributed by atoms with Crippen LogP contribution in [0.3, 0.4) is 0 Å². The van der Waals surface area contributed by atoms with E-state index in [1.165, 1.54) is 11.3 Å². The number of carbonyl (C=O) groups excluding carboxylic acids is 1. The summed E-state index contributed by atoms with van der Waals surface area (Å²) in [5.74, 6) is 0. The number of carbonyl (C=O) groups is 1. The number of rotatable bonds is 4. The second kappa shape index (κ2) is 5.90. The number of nitrogens with one attached hydrogen (secondary N) is 2. The Morgan fingerprint density at radius 1 is 1.48 bits per heavy atom. The van der Waals surface area contributed by atoms with Gasteiger partial charge in [0, 0.05) is 31.5 Å². The second-order valence-electron chi connectivity index (χ2n) is 6.32. The average Bonchev–Trinajstić information content (AvgIpc) is 2.61. The Hall–Kier alpha value is -1.18. The number of methoxy groups -OCH3 is 1. The first-order valence-electron chi connectivity index (χ1n) is 6.95. The van der Waals surface area contributed by atoms with Gasteiger partial charge in [-0.3, -0.25) is 5.32 Å². The van der Waals surface area contributed by atoms with Gasteiger partial charge in [0.05, 0.1) is 11.3 Å². The van der Waals surface area contributed by atoms with Gasteiger partial charge in [0.25, 0.3) is 0 Å². The van der Waals surface area contributed by atoms with Gasteiger partial charge < -0.3 is 14.8 Å². The summed E-state index contributed by atoms with van der Waals surface area (Å²) in [4.78, 5) is 17.3. The SMILES string of the molecule is COC1(Cc2sc(NC(=O)OC(C)(C)C)nc2C)CNC1. The van der Waals surface area contributed by atoms with Gasteiger partial charge in [-0.1, -0.05) is 0 Å². The standard InChI is InChI=1S/C14H23N3O3S/c1-9-10(6-14(19-5)7-15-8-14)21-11(16-9)17-12(18)20-13(2,3)4/h15H,6-8H2,1-5H3,(H,16,17,18). The van der Waals surface area contributed by atoms with Crippen LogP contribution in [0.25, 0.3) is 0 Å². The highest BCUT2D eigenvalue weighted by Crippen LogP contribution is 2.30. The third-order valence-corrected chi connectivity index (χ3v) is 4.38. The maximum absolute atomic E-state index is 11.8. The third-order valence-electron chi connectivity index (χ3n) is 3.31. The van der Waals surface area contributed by atoms with Crippen LogP contribution >= 0.6 is 11.3 Å². The first kappa shape index (κ1) is 16.2. The zero-order valence-electron chi connectivity index (χ0n) is 13.2. The highest BCUT2D eigenvalue weighted by atomic mass is 32.1. The van der Waals surface area contributed by atoms with Gasteiger partial charge in [-0.25, -0.2) is 9.78 Å². The molecule has 0 aromatic carbocycles. The van der Waals surface area contributed by atoms with Crippen LogP contribution in [0, 0.1) is 6.92 Å². The number of aromatic nitrogens is 1. The highest BCUT2D eigenvalue weighted by Gasteiger charge is 2.38. The molecule has 0 bridgehead atoms. The van der Waals surface area contributed by atoms with Crippen LogP contribution in [0.1, 0.15) is 31.3 Å². The average molecular weight is 313 g/mol. The Labute approximate surface area is 129 Å². The monoisotopic (exact) mass is 313 g/mol. The summed E-state index contributed by atoms with van der Waals surface area (Å²) in [5.41, 5.74) is 0.270. The summed E-state index contributed by atoms with van der Waals surface area (Å²) in [6.45, 7) is 9.12. The Bertz CT molecular complexity index is 513. The molecular formula is C14H23N3O3S. The zero-order valence-corrected chi connectivity index (χ0v) is 14.0. The maximum Gasteiger partial charge on any atom is 0.413 e. The fourth-order valence-corrected chi connectivity index (χ4v) is 3.15. The number of aryl methyl sites for hydroxylation is 1. The molecule has 1 fully saturated rings. The molecule has 0 aliphatic carbocycles. The number of amides is 1. The topological polar surface area (TPSA) is 72.5 Å². The molecule has 0 saturated carbocycles. The van der Waals surface area contributed by atoms with Crippen LogP contribution in [0.15, 0.2) is 0 Å². The zero-order chi connectivity index (χ0) is 15.7. The van der Waals surface area contributed by atoms with E-state index in [-0.39, 0.29) is 5.60 Å². The number of ether oxygens (including phenoxy) is 2. The van der Waals surface area contributed by atoms with E-state index in [1.807, 2.05) is 27.7 Å². The predicted octanol–water partition coefficient (Wildman–Crippen LogP) is 2.33. The van der Waals surface area contributed by atoms with Gasteiger partial charge in [-0.15, -0.1) is 11.3 Å². The van der Waals surface area contributed by atoms with Gasteiger partial charge in [-0.2, -0.15) is 0 Å². The number of hydrogen-bond acceptors (Lipinski definition) is 6. The van der Waals surface area contributed by atoms with E-state index in [2.05, 4.69) is 15.6 Å². The van der Waals surface area contributed by atoms with Gasteiger partial charge in [0.15, 0.2) is 5.13 Å². The predicted molar refractivity (Wildman–Crippen MR) is 83.0 cm³/mol. The number of anilines is 1. The van der Waals surface area contributed by atoms with E-state index in [0.29, 0.717) is 5.13 Å². The molecule has 1 aliphatic heterocycles. The normalized spacial score (nSPS) is 17.2. The quantitative estimate of drug-likeness (QED) is 0.892. The lowest BCUT2D eigenvalue weighted by Gasteiger charge is -2.41. The lowest BCUT2D eigenvalue weighted by atomic mass is 9.91. The first-order valence-corrected chi connectivity index (χ1v) is 7.77. The van der Waals surface area contributed by atoms with Crippen LogP contribution in [0.2, 0.25) is 0 Å². The lowest BCUT2D eigenvalue weighted by Crippen LogP contribution is -2.61. The molecule has 1 amide bonds. The minimum absolute atomic E-state index is 0.138. The number of hydrogen-bond donors (Lipinski definition) is 2. The van der Waals surface area contributed by atoms with Crippen molar-refractivity contribution < 1.29 is 14.3 Å². The minimum Gasteiger partial charge on any atom is -0.444 e. The third kappa shape index (κ3) is 4.15. The van der Waals surface area contributed by atoms with Crippen molar-refractivity contribution in [1.29, 1.82) is 0 Å². The van der Waals surface area contributed by atoms with Crippen molar-refractivity contribution in [3.8, 4) is 0 Å². The summed E-state index contributed by atoms with van der Waals surface area (Å²) in [6, 6.07) is 0. The molecule has 0 unspecified atom stereocenters. The Kier molecular flexibility index (Phi) is 4.55. The van der Waals surface area contributed by atoms with Crippen molar-refractivity contribution in [2.24, 2.45) is 0 Å². The number of thiazole rings is 1. The van der Waals surface area contributed by atoms with E-state index in [1.54, 1.807) is 7.11 Å². The summed E-state index contributed by atoms with van der Waals surface area (Å²) in [7, 11) is 1.73. The molecule has 1 aliphatic rings. The van der Waals surface area contributed by atoms with E-state index in [0.717, 1.165) is 30.1 Å². The molecule has 1 aromatic rings. The van der Waals surface area contributed by atoms with Crippen LogP contribution < -0.4 is 10.6 Å². The Balaban J connectivity index is 2.00. The smallest absolute Gasteiger partial charge is 0.413 e. The fourth-order valence-electron chi connectivity index (χ4n) is 2.07. The fraction of sp³-hybridized carbons (Fsp3) is 0.714. The summed E-state index contributed by atoms with van der Waals surface area (Å²) < 4.78 is 10.8. The van der Waals surface area contributed by atoms with E-state index >= 15 is 0 Å². The molecule has 0 atom stereocenters. The summed E-state index contributed by atoms with van der Waals surface area (Å²) >= 11 is 1.47. The van der Waals surface area contributed by atoms with Gasteiger partial charge >= 0.3 is 6.09 Å². The van der Waals surface area contributed by atoms with E-state index in [4.69, 9.17) is 9.47 Å². The van der Waals surface area contributed by atoms with Crippen molar-refractivity contribution in [3.63, 3.8) is 0 Å². The highest BCUT2D eigenvalue weighted by molar-refractivity contribution is 7.15. The molecule has 0 spiro atoms. The number of nitrogens with zero attached hydrogens (tertiary/aromatic N) is 1. The molecule has 0 radical (unpaired) electrons. The van der Waals surface area contributed by atoms with Crippen LogP contribution in [0.5, 0.6) is 0 Å². The molecule has 1 aromatic heterocycles. The molecule has 21 heavy (non-hydrogen) atoms. The van der Waals surface area contributed by atoms with Crippen molar-refractivity contribution in [3.05, 3.63) is 10.6 Å². The van der Waals surface area contributed by atoms with Crippen molar-refractivity contribution in [2.75, 3.05) is 25.5 Å². The molecule has 2 heterocycles. The van der Waals surface area contributed by atoms with Crippen molar-refractivity contribution in [2.45, 2.75) is 45.3 Å². The van der Waals surface area contributed by atoms with Crippen LogP contribution in [-0.2, 0) is 15.9 Å². The largest absolute Gasteiger partial charge is 0.444 e. The van der Waals surface area contributed by atoms with E-state index in [9.17, 15) is 4.79 Å². The van der Waals surface area contributed by atoms with Crippen molar-refractivity contribution >= 4 is 22.6 Å². The molecule has 2 N–H and O–H groups in total. The molecule has 6 nitrogen and oxygen atoms in total. The lowest BCUT2D eigenvalue weighted by molar-refractivity contribution is -0.0497. The second-order valence-corrected chi connectivity index (χ2v) is 7.41.